The molecular weight excluding hydrogens is 436 g/mol. The van der Waals surface area contributed by atoms with Gasteiger partial charge in [-0.15, -0.1) is 0 Å². The minimum Gasteiger partial charge on any atom is -0.341 e. The number of carbonyl (C=O) groups is 1. The third-order valence-corrected chi connectivity index (χ3v) is 7.83. The summed E-state index contributed by atoms with van der Waals surface area (Å²) in [5.74, 6) is 0.641. The lowest BCUT2D eigenvalue weighted by atomic mass is 9.95. The van der Waals surface area contributed by atoms with Crippen LogP contribution >= 0.6 is 0 Å². The molecule has 0 bridgehead atoms. The number of amides is 1. The molecule has 0 saturated carbocycles. The molecule has 2 fully saturated rings. The van der Waals surface area contributed by atoms with Crippen LogP contribution in [-0.2, 0) is 14.8 Å². The van der Waals surface area contributed by atoms with Gasteiger partial charge in [-0.3, -0.25) is 14.9 Å². The summed E-state index contributed by atoms with van der Waals surface area (Å²) in [6.07, 6.45) is 4.81. The average molecular weight is 461 g/mol. The molecule has 2 aliphatic heterocycles. The van der Waals surface area contributed by atoms with Crippen molar-refractivity contribution in [3.63, 3.8) is 0 Å². The normalized spacial score (nSPS) is 18.5. The fourth-order valence-electron chi connectivity index (χ4n) is 4.08. The van der Waals surface area contributed by atoms with Gasteiger partial charge >= 0.3 is 0 Å². The lowest BCUT2D eigenvalue weighted by Crippen LogP contribution is -2.52. The van der Waals surface area contributed by atoms with Crippen molar-refractivity contribution < 1.29 is 18.1 Å². The van der Waals surface area contributed by atoms with E-state index in [1.165, 1.54) is 28.6 Å². The van der Waals surface area contributed by atoms with Crippen LogP contribution in [0.4, 0.5) is 11.6 Å². The minimum absolute atomic E-state index is 0.0124. The molecule has 2 aromatic rings. The topological polar surface area (TPSA) is 130 Å². The first kappa shape index (κ1) is 22.1. The molecule has 2 saturated heterocycles. The highest BCUT2D eigenvalue weighted by Gasteiger charge is 2.34. The van der Waals surface area contributed by atoms with Crippen molar-refractivity contribution in [1.29, 1.82) is 0 Å². The molecule has 170 valence electrons. The second kappa shape index (κ2) is 9.17. The predicted molar refractivity (Wildman–Crippen MR) is 115 cm³/mol. The van der Waals surface area contributed by atoms with Crippen LogP contribution in [0, 0.1) is 16.0 Å². The molecule has 0 N–H and O–H groups in total. The SMILES string of the molecule is O=C(C1CCN(c2ncccn2)CC1)N1CCN(S(=O)(=O)c2ccc([N+](=O)[O-])cc2)CC1. The number of nitro benzene ring substituents is 1. The highest BCUT2D eigenvalue weighted by Crippen LogP contribution is 2.24. The molecular formula is C20H24N6O5S. The Bertz CT molecular complexity index is 1060. The highest BCUT2D eigenvalue weighted by molar-refractivity contribution is 7.89. The number of anilines is 1. The zero-order valence-electron chi connectivity index (χ0n) is 17.4. The first-order valence-corrected chi connectivity index (χ1v) is 11.9. The first-order chi connectivity index (χ1) is 15.4. The maximum atomic E-state index is 13.0. The summed E-state index contributed by atoms with van der Waals surface area (Å²) in [5, 5.41) is 10.8. The number of non-ortho nitro benzene ring substituents is 1. The van der Waals surface area contributed by atoms with Crippen molar-refractivity contribution in [2.24, 2.45) is 5.92 Å². The Hall–Kier alpha value is -3.12. The molecule has 1 aromatic heterocycles. The summed E-state index contributed by atoms with van der Waals surface area (Å²) in [7, 11) is -3.76. The van der Waals surface area contributed by atoms with Crippen LogP contribution in [0.15, 0.2) is 47.6 Å². The largest absolute Gasteiger partial charge is 0.341 e. The molecule has 3 heterocycles. The number of sulfonamides is 1. The van der Waals surface area contributed by atoms with E-state index in [-0.39, 0.29) is 35.5 Å². The van der Waals surface area contributed by atoms with Crippen LogP contribution in [0.2, 0.25) is 0 Å². The number of rotatable bonds is 5. The van der Waals surface area contributed by atoms with Gasteiger partial charge in [0.25, 0.3) is 5.69 Å². The van der Waals surface area contributed by atoms with Crippen LogP contribution in [0.25, 0.3) is 0 Å². The summed E-state index contributed by atoms with van der Waals surface area (Å²) in [6, 6.07) is 6.62. The smallest absolute Gasteiger partial charge is 0.269 e. The fourth-order valence-corrected chi connectivity index (χ4v) is 5.50. The Labute approximate surface area is 185 Å². The number of benzene rings is 1. The number of hydrogen-bond acceptors (Lipinski definition) is 8. The van der Waals surface area contributed by atoms with Crippen molar-refractivity contribution in [3.8, 4) is 0 Å². The van der Waals surface area contributed by atoms with E-state index in [2.05, 4.69) is 14.9 Å². The average Bonchev–Trinajstić information content (AvgIpc) is 2.84. The molecule has 12 heteroatoms. The van der Waals surface area contributed by atoms with E-state index in [1.54, 1.807) is 23.4 Å². The van der Waals surface area contributed by atoms with Crippen LogP contribution in [0.1, 0.15) is 12.8 Å². The minimum atomic E-state index is -3.76. The number of nitro groups is 1. The summed E-state index contributed by atoms with van der Waals surface area (Å²) in [4.78, 5) is 35.5. The number of carbonyl (C=O) groups excluding carboxylic acids is 1. The standard InChI is InChI=1S/C20H24N6O5S/c27-19(16-6-10-24(11-7-16)20-21-8-1-9-22-20)23-12-14-25(15-13-23)32(30,31)18-4-2-17(3-5-18)26(28)29/h1-5,8-9,16H,6-7,10-15H2. The molecule has 1 amide bonds. The van der Waals surface area contributed by atoms with E-state index in [0.29, 0.717) is 45.0 Å². The van der Waals surface area contributed by atoms with Gasteiger partial charge in [0.05, 0.1) is 9.82 Å². The number of aromatic nitrogens is 2. The van der Waals surface area contributed by atoms with E-state index in [4.69, 9.17) is 0 Å². The molecule has 0 spiro atoms. The third kappa shape index (κ3) is 4.55. The van der Waals surface area contributed by atoms with Gasteiger partial charge in [-0.2, -0.15) is 4.31 Å². The molecule has 2 aliphatic rings. The van der Waals surface area contributed by atoms with E-state index in [9.17, 15) is 23.3 Å². The molecule has 4 rings (SSSR count). The molecule has 32 heavy (non-hydrogen) atoms. The Balaban J connectivity index is 1.31. The molecule has 1 aromatic carbocycles. The maximum Gasteiger partial charge on any atom is 0.269 e. The lowest BCUT2D eigenvalue weighted by molar-refractivity contribution is -0.384. The van der Waals surface area contributed by atoms with Gasteiger partial charge in [0, 0.05) is 69.7 Å². The van der Waals surface area contributed by atoms with Crippen LogP contribution < -0.4 is 4.90 Å². The highest BCUT2D eigenvalue weighted by atomic mass is 32.2. The Morgan fingerprint density at radius 2 is 1.56 bits per heavy atom. The predicted octanol–water partition coefficient (Wildman–Crippen LogP) is 1.13. The molecule has 0 atom stereocenters. The second-order valence-electron chi connectivity index (χ2n) is 7.79. The lowest BCUT2D eigenvalue weighted by Gasteiger charge is -2.38. The van der Waals surface area contributed by atoms with E-state index >= 15 is 0 Å². The summed E-state index contributed by atoms with van der Waals surface area (Å²) in [6.45, 7) is 2.45. The Morgan fingerprint density at radius 3 is 2.12 bits per heavy atom. The monoisotopic (exact) mass is 460 g/mol. The summed E-state index contributed by atoms with van der Waals surface area (Å²) < 4.78 is 27.0. The number of nitrogens with zero attached hydrogens (tertiary/aromatic N) is 6. The van der Waals surface area contributed by atoms with Gasteiger partial charge < -0.3 is 9.80 Å². The summed E-state index contributed by atoms with van der Waals surface area (Å²) in [5.41, 5.74) is -0.163. The number of piperidine rings is 1. The third-order valence-electron chi connectivity index (χ3n) is 5.91. The molecule has 0 aliphatic carbocycles. The first-order valence-electron chi connectivity index (χ1n) is 10.4. The molecule has 0 unspecified atom stereocenters. The number of hydrogen-bond donors (Lipinski definition) is 0. The van der Waals surface area contributed by atoms with Gasteiger partial charge in [-0.05, 0) is 31.0 Å². The van der Waals surface area contributed by atoms with Crippen molar-refractivity contribution in [2.75, 3.05) is 44.2 Å². The summed E-state index contributed by atoms with van der Waals surface area (Å²) >= 11 is 0. The molecule has 11 nitrogen and oxygen atoms in total. The van der Waals surface area contributed by atoms with Gasteiger partial charge in [-0.1, -0.05) is 0 Å². The van der Waals surface area contributed by atoms with Crippen molar-refractivity contribution in [2.45, 2.75) is 17.7 Å². The second-order valence-corrected chi connectivity index (χ2v) is 9.73. The van der Waals surface area contributed by atoms with E-state index in [1.807, 2.05) is 0 Å². The maximum absolute atomic E-state index is 13.0. The Morgan fingerprint density at radius 1 is 0.969 bits per heavy atom. The van der Waals surface area contributed by atoms with Gasteiger partial charge in [0.15, 0.2) is 0 Å². The van der Waals surface area contributed by atoms with Gasteiger partial charge in [0.1, 0.15) is 0 Å². The Kier molecular flexibility index (Phi) is 6.33. The zero-order valence-corrected chi connectivity index (χ0v) is 18.2. The van der Waals surface area contributed by atoms with E-state index < -0.39 is 14.9 Å². The van der Waals surface area contributed by atoms with Crippen LogP contribution in [0.5, 0.6) is 0 Å². The quantitative estimate of drug-likeness (QED) is 0.480. The van der Waals surface area contributed by atoms with Crippen LogP contribution in [0.3, 0.4) is 0 Å². The van der Waals surface area contributed by atoms with Gasteiger partial charge in [-0.25, -0.2) is 18.4 Å². The van der Waals surface area contributed by atoms with E-state index in [0.717, 1.165) is 0 Å². The number of piperazine rings is 1. The van der Waals surface area contributed by atoms with Crippen LogP contribution in [-0.4, -0.2) is 77.7 Å². The van der Waals surface area contributed by atoms with Gasteiger partial charge in [0.2, 0.25) is 21.9 Å². The van der Waals surface area contributed by atoms with Crippen molar-refractivity contribution >= 4 is 27.6 Å². The fraction of sp³-hybridized carbons (Fsp3) is 0.450. The van der Waals surface area contributed by atoms with Crippen molar-refractivity contribution in [1.82, 2.24) is 19.2 Å². The van der Waals surface area contributed by atoms with Crippen molar-refractivity contribution in [3.05, 3.63) is 52.8 Å². The zero-order chi connectivity index (χ0) is 22.7. The molecule has 0 radical (unpaired) electrons.